The van der Waals surface area contributed by atoms with Crippen LogP contribution in [0.1, 0.15) is 22.3 Å². The molecule has 28 heavy (non-hydrogen) atoms. The third kappa shape index (κ3) is 3.98. The molecule has 2 aromatic carbocycles. The number of para-hydroxylation sites is 1. The topological polar surface area (TPSA) is 71.2 Å². The molecule has 3 aromatic rings. The summed E-state index contributed by atoms with van der Waals surface area (Å²) in [5.41, 5.74) is 2.51. The molecule has 0 unspecified atom stereocenters. The maximum Gasteiger partial charge on any atom is 0.261 e. The van der Waals surface area contributed by atoms with Gasteiger partial charge in [-0.05, 0) is 48.1 Å². The minimum Gasteiger partial charge on any atom is -0.493 e. The Hall–Kier alpha value is -3.34. The van der Waals surface area contributed by atoms with Gasteiger partial charge in [0.05, 0.1) is 6.61 Å². The lowest BCUT2D eigenvalue weighted by Crippen LogP contribution is -2.34. The number of hydrogen-bond acceptors (Lipinski definition) is 3. The summed E-state index contributed by atoms with van der Waals surface area (Å²) in [7, 11) is 0. The molecule has 4 rings (SSSR count). The number of carbonyl (C=O) groups is 1. The van der Waals surface area contributed by atoms with Gasteiger partial charge in [-0.15, -0.1) is 0 Å². The quantitative estimate of drug-likeness (QED) is 0.735. The first-order valence-electron chi connectivity index (χ1n) is 9.48. The highest BCUT2D eigenvalue weighted by molar-refractivity contribution is 5.94. The Labute approximate surface area is 163 Å². The predicted octanol–water partition coefficient (Wildman–Crippen LogP) is 3.41. The first-order valence-corrected chi connectivity index (χ1v) is 9.48. The number of hydrogen-bond donors (Lipinski definition) is 2. The van der Waals surface area contributed by atoms with Crippen molar-refractivity contribution in [3.8, 4) is 17.0 Å². The first-order chi connectivity index (χ1) is 13.7. The average molecular weight is 374 g/mol. The van der Waals surface area contributed by atoms with Gasteiger partial charge in [0.15, 0.2) is 0 Å². The highest BCUT2D eigenvalue weighted by Gasteiger charge is 2.19. The monoisotopic (exact) mass is 374 g/mol. The van der Waals surface area contributed by atoms with Crippen LogP contribution in [0.4, 0.5) is 0 Å². The van der Waals surface area contributed by atoms with Gasteiger partial charge in [-0.3, -0.25) is 9.59 Å². The number of carbonyl (C=O) groups excluding carboxylic acids is 1. The molecule has 1 aliphatic heterocycles. The van der Waals surface area contributed by atoms with Crippen LogP contribution in [0.5, 0.6) is 5.75 Å². The van der Waals surface area contributed by atoms with Gasteiger partial charge >= 0.3 is 0 Å². The second-order valence-electron chi connectivity index (χ2n) is 7.01. The maximum absolute atomic E-state index is 12.5. The van der Waals surface area contributed by atoms with Crippen molar-refractivity contribution >= 4 is 5.91 Å². The van der Waals surface area contributed by atoms with Crippen LogP contribution < -0.4 is 15.6 Å². The van der Waals surface area contributed by atoms with Crippen molar-refractivity contribution in [1.82, 2.24) is 10.3 Å². The van der Waals surface area contributed by atoms with Crippen molar-refractivity contribution in [2.45, 2.75) is 12.8 Å². The molecule has 5 nitrogen and oxygen atoms in total. The number of aromatic amines is 1. The van der Waals surface area contributed by atoms with Crippen LogP contribution in [0.25, 0.3) is 11.3 Å². The van der Waals surface area contributed by atoms with Gasteiger partial charge < -0.3 is 15.0 Å². The molecule has 0 bridgehead atoms. The zero-order chi connectivity index (χ0) is 19.3. The van der Waals surface area contributed by atoms with Crippen molar-refractivity contribution in [2.24, 2.45) is 5.92 Å². The van der Waals surface area contributed by atoms with Crippen molar-refractivity contribution < 1.29 is 9.53 Å². The molecular formula is C23H22N2O3. The lowest BCUT2D eigenvalue weighted by Gasteiger charge is -2.14. The highest BCUT2D eigenvalue weighted by Crippen LogP contribution is 2.26. The molecule has 142 valence electrons. The fourth-order valence-corrected chi connectivity index (χ4v) is 3.51. The van der Waals surface area contributed by atoms with Gasteiger partial charge in [0, 0.05) is 12.2 Å². The number of nitrogens with one attached hydrogen (secondary N) is 2. The zero-order valence-corrected chi connectivity index (χ0v) is 15.5. The standard InChI is InChI=1S/C23H22N2O3/c26-22(19-10-11-20(25-23(19)27)17-6-2-1-3-7-17)24-15-16-12-13-28-21-9-5-4-8-18(21)14-16/h1-11,16H,12-15H2,(H,24,26)(H,25,27)/t16-/m1/s1. The maximum atomic E-state index is 12.5. The second kappa shape index (κ2) is 8.13. The minimum atomic E-state index is -0.381. The zero-order valence-electron chi connectivity index (χ0n) is 15.5. The number of pyridine rings is 1. The molecule has 0 spiro atoms. The summed E-state index contributed by atoms with van der Waals surface area (Å²) in [6.07, 6.45) is 1.71. The molecule has 2 heterocycles. The van der Waals surface area contributed by atoms with Crippen molar-refractivity contribution in [3.05, 3.63) is 88.2 Å². The van der Waals surface area contributed by atoms with Crippen LogP contribution in [0.2, 0.25) is 0 Å². The minimum absolute atomic E-state index is 0.130. The van der Waals surface area contributed by atoms with Crippen LogP contribution in [0.15, 0.2) is 71.5 Å². The summed E-state index contributed by atoms with van der Waals surface area (Å²) in [6, 6.07) is 20.9. The highest BCUT2D eigenvalue weighted by atomic mass is 16.5. The third-order valence-corrected chi connectivity index (χ3v) is 5.06. The molecular weight excluding hydrogens is 352 g/mol. The lowest BCUT2D eigenvalue weighted by atomic mass is 9.97. The van der Waals surface area contributed by atoms with E-state index in [0.29, 0.717) is 18.8 Å². The number of rotatable bonds is 4. The largest absolute Gasteiger partial charge is 0.493 e. The van der Waals surface area contributed by atoms with E-state index >= 15 is 0 Å². The molecule has 1 amide bonds. The number of ether oxygens (including phenoxy) is 1. The summed E-state index contributed by atoms with van der Waals surface area (Å²) >= 11 is 0. The number of H-pyrrole nitrogens is 1. The number of amides is 1. The molecule has 1 atom stereocenters. The molecule has 5 heteroatoms. The Morgan fingerprint density at radius 1 is 1.04 bits per heavy atom. The van der Waals surface area contributed by atoms with E-state index < -0.39 is 0 Å². The summed E-state index contributed by atoms with van der Waals surface area (Å²) in [4.78, 5) is 27.7. The Balaban J connectivity index is 1.42. The van der Waals surface area contributed by atoms with Crippen LogP contribution in [0.3, 0.4) is 0 Å². The molecule has 2 N–H and O–H groups in total. The Morgan fingerprint density at radius 3 is 2.64 bits per heavy atom. The van der Waals surface area contributed by atoms with Crippen molar-refractivity contribution in [1.29, 1.82) is 0 Å². The number of aromatic nitrogens is 1. The predicted molar refractivity (Wildman–Crippen MR) is 109 cm³/mol. The Kier molecular flexibility index (Phi) is 5.24. The van der Waals surface area contributed by atoms with E-state index in [1.54, 1.807) is 12.1 Å². The van der Waals surface area contributed by atoms with Gasteiger partial charge in [-0.25, -0.2) is 0 Å². The molecule has 0 saturated carbocycles. The lowest BCUT2D eigenvalue weighted by molar-refractivity contribution is 0.0944. The summed E-state index contributed by atoms with van der Waals surface area (Å²) in [5, 5.41) is 2.91. The van der Waals surface area contributed by atoms with Crippen molar-refractivity contribution in [3.63, 3.8) is 0 Å². The van der Waals surface area contributed by atoms with Gasteiger partial charge in [-0.2, -0.15) is 0 Å². The summed E-state index contributed by atoms with van der Waals surface area (Å²) in [6.45, 7) is 1.14. The third-order valence-electron chi connectivity index (χ3n) is 5.06. The smallest absolute Gasteiger partial charge is 0.261 e. The van der Waals surface area contributed by atoms with Crippen LogP contribution in [0, 0.1) is 5.92 Å². The molecule has 0 fully saturated rings. The van der Waals surface area contributed by atoms with Gasteiger partial charge in [-0.1, -0.05) is 48.5 Å². The van der Waals surface area contributed by atoms with Crippen LogP contribution in [-0.4, -0.2) is 24.0 Å². The number of fused-ring (bicyclic) bond motifs is 1. The fraction of sp³-hybridized carbons (Fsp3) is 0.217. The van der Waals surface area contributed by atoms with E-state index in [1.165, 1.54) is 0 Å². The van der Waals surface area contributed by atoms with E-state index in [-0.39, 0.29) is 22.9 Å². The fourth-order valence-electron chi connectivity index (χ4n) is 3.51. The Bertz CT molecular complexity index is 1030. The normalized spacial score (nSPS) is 15.8. The average Bonchev–Trinajstić information content (AvgIpc) is 2.94. The van der Waals surface area contributed by atoms with Crippen LogP contribution >= 0.6 is 0 Å². The van der Waals surface area contributed by atoms with Crippen LogP contribution in [-0.2, 0) is 6.42 Å². The first kappa shape index (κ1) is 18.0. The van der Waals surface area contributed by atoms with Crippen molar-refractivity contribution in [2.75, 3.05) is 13.2 Å². The number of benzene rings is 2. The SMILES string of the molecule is O=C(NC[C@@H]1CCOc2ccccc2C1)c1ccc(-c2ccccc2)[nH]c1=O. The Morgan fingerprint density at radius 2 is 1.82 bits per heavy atom. The second-order valence-corrected chi connectivity index (χ2v) is 7.01. The molecule has 0 saturated heterocycles. The van der Waals surface area contributed by atoms with E-state index in [1.807, 2.05) is 48.5 Å². The van der Waals surface area contributed by atoms with Gasteiger partial charge in [0.2, 0.25) is 0 Å². The summed E-state index contributed by atoms with van der Waals surface area (Å²) < 4.78 is 5.78. The van der Waals surface area contributed by atoms with E-state index in [2.05, 4.69) is 16.4 Å². The van der Waals surface area contributed by atoms with E-state index in [0.717, 1.165) is 29.7 Å². The summed E-state index contributed by atoms with van der Waals surface area (Å²) in [5.74, 6) is 0.846. The van der Waals surface area contributed by atoms with Gasteiger partial charge in [0.25, 0.3) is 11.5 Å². The molecule has 0 aliphatic carbocycles. The van der Waals surface area contributed by atoms with E-state index in [9.17, 15) is 9.59 Å². The molecule has 0 radical (unpaired) electrons. The van der Waals surface area contributed by atoms with Gasteiger partial charge in [0.1, 0.15) is 11.3 Å². The molecule has 1 aliphatic rings. The van der Waals surface area contributed by atoms with E-state index in [4.69, 9.17) is 4.74 Å². The molecule has 1 aromatic heterocycles.